The number of H-pyrrole nitrogens is 1. The zero-order chi connectivity index (χ0) is 28.7. The van der Waals surface area contributed by atoms with Gasteiger partial charge in [-0.3, -0.25) is 0 Å². The summed E-state index contributed by atoms with van der Waals surface area (Å²) in [5.41, 5.74) is 5.18. The van der Waals surface area contributed by atoms with Gasteiger partial charge in [0, 0.05) is 33.1 Å². The number of benzene rings is 5. The van der Waals surface area contributed by atoms with E-state index in [2.05, 4.69) is 50.9 Å². The number of ether oxygens (including phenoxy) is 1. The number of aromatic nitrogens is 1. The summed E-state index contributed by atoms with van der Waals surface area (Å²) < 4.78 is 5.94. The van der Waals surface area contributed by atoms with E-state index >= 15 is 0 Å². The molecule has 0 radical (unpaired) electrons. The van der Waals surface area contributed by atoms with Gasteiger partial charge in [0.2, 0.25) is 0 Å². The Morgan fingerprint density at radius 2 is 1.41 bits per heavy atom. The Balaban J connectivity index is 1.62. The minimum atomic E-state index is -0.591. The van der Waals surface area contributed by atoms with Crippen molar-refractivity contribution in [3.8, 4) is 22.6 Å². The van der Waals surface area contributed by atoms with Crippen molar-refractivity contribution in [2.75, 3.05) is 0 Å². The lowest BCUT2D eigenvalue weighted by atomic mass is 9.78. The van der Waals surface area contributed by atoms with Crippen molar-refractivity contribution in [3.63, 3.8) is 0 Å². The first-order valence-electron chi connectivity index (χ1n) is 14.0. The van der Waals surface area contributed by atoms with Crippen LogP contribution in [0.15, 0.2) is 109 Å². The molecule has 0 saturated heterocycles. The summed E-state index contributed by atoms with van der Waals surface area (Å²) in [5.74, 6) is -0.00901. The number of esters is 1. The third kappa shape index (κ3) is 4.55. The van der Waals surface area contributed by atoms with Crippen LogP contribution in [0.3, 0.4) is 0 Å². The van der Waals surface area contributed by atoms with E-state index in [1.54, 1.807) is 12.1 Å². The number of nitrogens with one attached hydrogen (secondary N) is 1. The summed E-state index contributed by atoms with van der Waals surface area (Å²) in [6.07, 6.45) is 0. The number of carbonyl (C=O) groups excluding carboxylic acids is 1. The Morgan fingerprint density at radius 3 is 2.17 bits per heavy atom. The zero-order valence-electron chi connectivity index (χ0n) is 23.7. The largest absolute Gasteiger partial charge is 0.506 e. The third-order valence-electron chi connectivity index (χ3n) is 8.06. The van der Waals surface area contributed by atoms with E-state index in [0.717, 1.165) is 44.1 Å². The fraction of sp³-hybridized carbons (Fsp3) is 0.162. The van der Waals surface area contributed by atoms with E-state index in [1.165, 1.54) is 0 Å². The molecule has 0 saturated carbocycles. The molecule has 1 aromatic heterocycles. The number of phenols is 1. The Bertz CT molecular complexity index is 1900. The van der Waals surface area contributed by atoms with Crippen molar-refractivity contribution in [2.45, 2.75) is 39.0 Å². The highest BCUT2D eigenvalue weighted by Crippen LogP contribution is 2.48. The molecule has 204 valence electrons. The molecule has 0 aliphatic heterocycles. The summed E-state index contributed by atoms with van der Waals surface area (Å²) in [6.45, 7) is 8.48. The standard InChI is InChI=1S/C37H33NO3/c1-23(2)26-17-11-13-21-31(26)41-36(40)29-22-24-14-8-9-18-27(24)32(34(29)39)33-28-19-10-12-20-30(28)38-35(33)37(3,4)25-15-6-5-7-16-25/h5-23,38-39H,1-4H3. The highest BCUT2D eigenvalue weighted by Gasteiger charge is 2.32. The first kappa shape index (κ1) is 26.4. The minimum Gasteiger partial charge on any atom is -0.506 e. The zero-order valence-corrected chi connectivity index (χ0v) is 23.7. The lowest BCUT2D eigenvalue weighted by molar-refractivity contribution is 0.0730. The number of rotatable bonds is 6. The fourth-order valence-electron chi connectivity index (χ4n) is 5.82. The topological polar surface area (TPSA) is 62.3 Å². The Hall–Kier alpha value is -4.83. The van der Waals surface area contributed by atoms with Crippen LogP contribution in [0, 0.1) is 0 Å². The van der Waals surface area contributed by atoms with Crippen LogP contribution in [0.4, 0.5) is 0 Å². The maximum Gasteiger partial charge on any atom is 0.347 e. The number of aromatic amines is 1. The van der Waals surface area contributed by atoms with Gasteiger partial charge in [-0.1, -0.05) is 119 Å². The lowest BCUT2D eigenvalue weighted by Crippen LogP contribution is -2.20. The molecule has 0 unspecified atom stereocenters. The van der Waals surface area contributed by atoms with Crippen LogP contribution in [-0.4, -0.2) is 16.1 Å². The van der Waals surface area contributed by atoms with Crippen molar-refractivity contribution in [2.24, 2.45) is 0 Å². The molecule has 1 heterocycles. The quantitative estimate of drug-likeness (QED) is 0.164. The summed E-state index contributed by atoms with van der Waals surface area (Å²) in [4.78, 5) is 17.4. The maximum absolute atomic E-state index is 13.8. The molecule has 6 rings (SSSR count). The average Bonchev–Trinajstić information content (AvgIpc) is 3.37. The third-order valence-corrected chi connectivity index (χ3v) is 8.06. The second kappa shape index (κ2) is 10.3. The molecule has 0 bridgehead atoms. The molecule has 0 fully saturated rings. The van der Waals surface area contributed by atoms with Crippen molar-refractivity contribution in [1.82, 2.24) is 4.98 Å². The van der Waals surface area contributed by atoms with Gasteiger partial charge in [-0.05, 0) is 46.0 Å². The molecular weight excluding hydrogens is 506 g/mol. The van der Waals surface area contributed by atoms with Crippen LogP contribution < -0.4 is 4.74 Å². The SMILES string of the molecule is CC(C)c1ccccc1OC(=O)c1cc2ccccc2c(-c2c(C(C)(C)c3ccccc3)[nH]c3ccccc23)c1O. The van der Waals surface area contributed by atoms with Gasteiger partial charge in [0.1, 0.15) is 17.1 Å². The molecule has 6 aromatic rings. The van der Waals surface area contributed by atoms with Crippen molar-refractivity contribution in [3.05, 3.63) is 132 Å². The van der Waals surface area contributed by atoms with E-state index in [4.69, 9.17) is 4.74 Å². The van der Waals surface area contributed by atoms with Gasteiger partial charge >= 0.3 is 5.97 Å². The number of aromatic hydroxyl groups is 1. The van der Waals surface area contributed by atoms with Gasteiger partial charge in [0.25, 0.3) is 0 Å². The highest BCUT2D eigenvalue weighted by atomic mass is 16.5. The van der Waals surface area contributed by atoms with E-state index < -0.39 is 11.4 Å². The smallest absolute Gasteiger partial charge is 0.347 e. The first-order chi connectivity index (χ1) is 19.8. The number of fused-ring (bicyclic) bond motifs is 2. The molecule has 0 atom stereocenters. The van der Waals surface area contributed by atoms with Gasteiger partial charge in [-0.2, -0.15) is 0 Å². The van der Waals surface area contributed by atoms with Crippen LogP contribution >= 0.6 is 0 Å². The second-order valence-corrected chi connectivity index (χ2v) is 11.4. The molecule has 0 aliphatic rings. The monoisotopic (exact) mass is 539 g/mol. The highest BCUT2D eigenvalue weighted by molar-refractivity contribution is 6.13. The predicted octanol–water partition coefficient (Wildman–Crippen LogP) is 9.36. The van der Waals surface area contributed by atoms with Crippen LogP contribution in [0.25, 0.3) is 32.8 Å². The van der Waals surface area contributed by atoms with Crippen LogP contribution in [-0.2, 0) is 5.41 Å². The van der Waals surface area contributed by atoms with Gasteiger partial charge in [-0.25, -0.2) is 4.79 Å². The minimum absolute atomic E-state index is 0.0920. The van der Waals surface area contributed by atoms with Crippen molar-refractivity contribution >= 4 is 27.6 Å². The maximum atomic E-state index is 13.8. The molecule has 41 heavy (non-hydrogen) atoms. The van der Waals surface area contributed by atoms with E-state index in [-0.39, 0.29) is 17.2 Å². The van der Waals surface area contributed by atoms with Gasteiger partial charge in [0.05, 0.1) is 0 Å². The molecule has 0 amide bonds. The number of carbonyl (C=O) groups is 1. The molecular formula is C37H33NO3. The Kier molecular flexibility index (Phi) is 6.63. The molecule has 2 N–H and O–H groups in total. The summed E-state index contributed by atoms with van der Waals surface area (Å²) in [5, 5.41) is 14.7. The normalized spacial score (nSPS) is 11.8. The van der Waals surface area contributed by atoms with Crippen LogP contribution in [0.1, 0.15) is 60.8 Å². The number of phenolic OH excluding ortho intramolecular Hbond substituents is 1. The predicted molar refractivity (Wildman–Crippen MR) is 167 cm³/mol. The average molecular weight is 540 g/mol. The first-order valence-corrected chi connectivity index (χ1v) is 14.0. The van der Waals surface area contributed by atoms with E-state index in [9.17, 15) is 9.90 Å². The van der Waals surface area contributed by atoms with E-state index in [0.29, 0.717) is 11.3 Å². The Labute approximate surface area is 240 Å². The Morgan fingerprint density at radius 1 is 0.780 bits per heavy atom. The van der Waals surface area contributed by atoms with Crippen molar-refractivity contribution in [1.29, 1.82) is 0 Å². The fourth-order valence-corrected chi connectivity index (χ4v) is 5.82. The lowest BCUT2D eigenvalue weighted by Gasteiger charge is -2.27. The van der Waals surface area contributed by atoms with Crippen LogP contribution in [0.2, 0.25) is 0 Å². The summed E-state index contributed by atoms with van der Waals surface area (Å²) >= 11 is 0. The number of hydrogen-bond acceptors (Lipinski definition) is 3. The summed E-state index contributed by atoms with van der Waals surface area (Å²) in [7, 11) is 0. The van der Waals surface area contributed by atoms with Gasteiger partial charge < -0.3 is 14.8 Å². The van der Waals surface area contributed by atoms with E-state index in [1.807, 2.05) is 78.9 Å². The summed E-state index contributed by atoms with van der Waals surface area (Å²) in [6, 6.07) is 35.6. The van der Waals surface area contributed by atoms with Gasteiger partial charge in [0.15, 0.2) is 0 Å². The molecule has 0 spiro atoms. The van der Waals surface area contributed by atoms with Crippen molar-refractivity contribution < 1.29 is 14.6 Å². The number of hydrogen-bond donors (Lipinski definition) is 2. The van der Waals surface area contributed by atoms with Gasteiger partial charge in [-0.15, -0.1) is 0 Å². The second-order valence-electron chi connectivity index (χ2n) is 11.4. The molecule has 4 heteroatoms. The molecule has 5 aromatic carbocycles. The van der Waals surface area contributed by atoms with Crippen LogP contribution in [0.5, 0.6) is 11.5 Å². The number of para-hydroxylation sites is 2. The molecule has 0 aliphatic carbocycles. The molecule has 4 nitrogen and oxygen atoms in total.